The fourth-order valence-electron chi connectivity index (χ4n) is 2.36. The number of thioether (sulfide) groups is 1. The van der Waals surface area contributed by atoms with Crippen LogP contribution in [0.15, 0.2) is 23.1 Å². The first-order chi connectivity index (χ1) is 11.6. The Morgan fingerprint density at radius 3 is 2.64 bits per heavy atom. The van der Waals surface area contributed by atoms with Crippen molar-refractivity contribution in [3.05, 3.63) is 28.2 Å². The van der Waals surface area contributed by atoms with Gasteiger partial charge in [0.05, 0.1) is 22.3 Å². The van der Waals surface area contributed by atoms with E-state index in [1.807, 2.05) is 0 Å². The molecule has 1 aromatic carbocycles. The van der Waals surface area contributed by atoms with Crippen LogP contribution in [0.25, 0.3) is 0 Å². The number of rotatable bonds is 7. The zero-order valence-corrected chi connectivity index (χ0v) is 16.3. The zero-order valence-electron chi connectivity index (χ0n) is 13.1. The normalized spacial score (nSPS) is 18.6. The first-order valence-corrected chi connectivity index (χ1v) is 10.5. The molecule has 0 aromatic heterocycles. The van der Waals surface area contributed by atoms with Crippen molar-refractivity contribution in [3.63, 3.8) is 0 Å². The molecule has 2 unspecified atom stereocenters. The average molecular weight is 427 g/mol. The fraction of sp³-hybridized carbons (Fsp3) is 0.429. The molecule has 0 bridgehead atoms. The Kier molecular flexibility index (Phi) is 6.61. The van der Waals surface area contributed by atoms with Crippen molar-refractivity contribution in [1.82, 2.24) is 10.2 Å². The first-order valence-electron chi connectivity index (χ1n) is 7.27. The number of hydrogen-bond donors (Lipinski definition) is 2. The third-order valence-electron chi connectivity index (χ3n) is 3.60. The number of hydrogen-bond acceptors (Lipinski definition) is 5. The van der Waals surface area contributed by atoms with E-state index in [9.17, 15) is 18.0 Å². The highest BCUT2D eigenvalue weighted by atomic mass is 35.5. The maximum absolute atomic E-state index is 12.0. The molecule has 0 aliphatic carbocycles. The molecule has 2 N–H and O–H groups in total. The van der Waals surface area contributed by atoms with Crippen molar-refractivity contribution in [3.8, 4) is 0 Å². The Labute approximate surface area is 159 Å². The predicted molar refractivity (Wildman–Crippen MR) is 96.5 cm³/mol. The average Bonchev–Trinajstić information content (AvgIpc) is 2.53. The minimum absolute atomic E-state index is 0.0420. The molecule has 1 aliphatic heterocycles. The number of carbonyl (C=O) groups is 2. The van der Waals surface area contributed by atoms with Crippen molar-refractivity contribution >= 4 is 56.9 Å². The lowest BCUT2D eigenvalue weighted by atomic mass is 10.1. The highest BCUT2D eigenvalue weighted by Gasteiger charge is 2.45. The second kappa shape index (κ2) is 8.13. The Morgan fingerprint density at radius 1 is 1.44 bits per heavy atom. The van der Waals surface area contributed by atoms with E-state index in [0.29, 0.717) is 10.0 Å². The van der Waals surface area contributed by atoms with Gasteiger partial charge in [0.1, 0.15) is 6.04 Å². The molecule has 0 spiro atoms. The van der Waals surface area contributed by atoms with Gasteiger partial charge >= 0.3 is 0 Å². The van der Waals surface area contributed by atoms with E-state index < -0.39 is 27.4 Å². The maximum Gasteiger partial charge on any atom is 0.286 e. The Hall–Kier alpha value is -1.00. The molecule has 2 rings (SSSR count). The summed E-state index contributed by atoms with van der Waals surface area (Å²) in [6, 6.07) is 4.20. The van der Waals surface area contributed by atoms with Gasteiger partial charge in [0, 0.05) is 4.90 Å². The standard InChI is InChI=1S/C14H16Cl2N2O5S2/c1-2-13(25(21,22)23)18-6-11(14(18)20)17-12(19)7-24-8-3-4-9(15)10(16)5-8/h3-5,11,13H,2,6-7H2,1H3,(H,17,19)(H,21,22,23). The summed E-state index contributed by atoms with van der Waals surface area (Å²) in [5, 5.41) is 2.06. The monoisotopic (exact) mass is 426 g/mol. The minimum atomic E-state index is -4.35. The fourth-order valence-corrected chi connectivity index (χ4v) is 4.40. The summed E-state index contributed by atoms with van der Waals surface area (Å²) in [6.45, 7) is 1.59. The van der Waals surface area contributed by atoms with E-state index in [0.717, 1.165) is 9.80 Å². The van der Waals surface area contributed by atoms with E-state index in [2.05, 4.69) is 5.32 Å². The van der Waals surface area contributed by atoms with Gasteiger partial charge in [-0.05, 0) is 24.6 Å². The molecule has 0 saturated carbocycles. The van der Waals surface area contributed by atoms with E-state index in [-0.39, 0.29) is 24.6 Å². The van der Waals surface area contributed by atoms with Crippen LogP contribution in [-0.2, 0) is 19.7 Å². The summed E-state index contributed by atoms with van der Waals surface area (Å²) >= 11 is 12.9. The second-order valence-corrected chi connectivity index (χ2v) is 8.79. The van der Waals surface area contributed by atoms with E-state index in [4.69, 9.17) is 27.8 Å². The molecule has 138 valence electrons. The van der Waals surface area contributed by atoms with E-state index in [1.165, 1.54) is 11.8 Å². The molecule has 1 aromatic rings. The number of halogens is 2. The quantitative estimate of drug-likeness (QED) is 0.392. The molecular weight excluding hydrogens is 411 g/mol. The van der Waals surface area contributed by atoms with Gasteiger partial charge in [0.15, 0.2) is 5.37 Å². The molecule has 2 atom stereocenters. The van der Waals surface area contributed by atoms with Crippen LogP contribution in [0.5, 0.6) is 0 Å². The topological polar surface area (TPSA) is 104 Å². The van der Waals surface area contributed by atoms with Gasteiger partial charge < -0.3 is 10.2 Å². The SMILES string of the molecule is CCC(N1CC(NC(=O)CSc2ccc(Cl)c(Cl)c2)C1=O)S(=O)(=O)O. The Morgan fingerprint density at radius 2 is 2.12 bits per heavy atom. The first kappa shape index (κ1) is 20.3. The summed E-state index contributed by atoms with van der Waals surface area (Å²) in [7, 11) is -4.35. The van der Waals surface area contributed by atoms with Gasteiger partial charge in [-0.15, -0.1) is 11.8 Å². The molecule has 1 saturated heterocycles. The van der Waals surface area contributed by atoms with Gasteiger partial charge in [0.2, 0.25) is 11.8 Å². The lowest BCUT2D eigenvalue weighted by Crippen LogP contribution is -2.67. The van der Waals surface area contributed by atoms with Crippen LogP contribution in [0.3, 0.4) is 0 Å². The molecule has 1 aliphatic rings. The molecule has 0 radical (unpaired) electrons. The van der Waals surface area contributed by atoms with Crippen molar-refractivity contribution in [2.45, 2.75) is 29.7 Å². The number of likely N-dealkylation sites (tertiary alicyclic amines) is 1. The van der Waals surface area contributed by atoms with E-state index in [1.54, 1.807) is 25.1 Å². The Balaban J connectivity index is 1.84. The van der Waals surface area contributed by atoms with Crippen molar-refractivity contribution in [1.29, 1.82) is 0 Å². The van der Waals surface area contributed by atoms with Crippen LogP contribution in [0.1, 0.15) is 13.3 Å². The van der Waals surface area contributed by atoms with Crippen LogP contribution >= 0.6 is 35.0 Å². The lowest BCUT2D eigenvalue weighted by Gasteiger charge is -2.42. The largest absolute Gasteiger partial charge is 0.342 e. The van der Waals surface area contributed by atoms with Gasteiger partial charge in [-0.2, -0.15) is 8.42 Å². The summed E-state index contributed by atoms with van der Waals surface area (Å²) in [5.74, 6) is -0.830. The van der Waals surface area contributed by atoms with Crippen LogP contribution in [0, 0.1) is 0 Å². The lowest BCUT2D eigenvalue weighted by molar-refractivity contribution is -0.147. The summed E-state index contributed by atoms with van der Waals surface area (Å²) in [4.78, 5) is 25.7. The number of benzene rings is 1. The van der Waals surface area contributed by atoms with E-state index >= 15 is 0 Å². The number of carbonyl (C=O) groups excluding carboxylic acids is 2. The molecule has 1 heterocycles. The van der Waals surface area contributed by atoms with Crippen molar-refractivity contribution in [2.24, 2.45) is 0 Å². The Bertz CT molecular complexity index is 787. The van der Waals surface area contributed by atoms with Crippen LogP contribution in [-0.4, -0.2) is 53.4 Å². The molecule has 7 nitrogen and oxygen atoms in total. The number of nitrogens with one attached hydrogen (secondary N) is 1. The third-order valence-corrected chi connectivity index (χ3v) is 6.61. The van der Waals surface area contributed by atoms with Crippen molar-refractivity contribution in [2.75, 3.05) is 12.3 Å². The number of nitrogens with zero attached hydrogens (tertiary/aromatic N) is 1. The minimum Gasteiger partial charge on any atom is -0.342 e. The molecule has 25 heavy (non-hydrogen) atoms. The number of amides is 2. The van der Waals surface area contributed by atoms with Crippen LogP contribution in [0.2, 0.25) is 10.0 Å². The zero-order chi connectivity index (χ0) is 18.8. The summed E-state index contributed by atoms with van der Waals surface area (Å²) in [6.07, 6.45) is 0.0679. The van der Waals surface area contributed by atoms with Gasteiger partial charge in [-0.1, -0.05) is 30.1 Å². The third kappa shape index (κ3) is 5.01. The van der Waals surface area contributed by atoms with Gasteiger partial charge in [-0.25, -0.2) is 0 Å². The number of β-lactam (4-membered cyclic amide) rings is 1. The second-order valence-electron chi connectivity index (χ2n) is 5.35. The molecule has 11 heteroatoms. The van der Waals surface area contributed by atoms with Crippen LogP contribution in [0.4, 0.5) is 0 Å². The van der Waals surface area contributed by atoms with Gasteiger partial charge in [-0.3, -0.25) is 14.1 Å². The molecule has 2 amide bonds. The highest BCUT2D eigenvalue weighted by Crippen LogP contribution is 2.28. The molecule has 1 fully saturated rings. The smallest absolute Gasteiger partial charge is 0.286 e. The van der Waals surface area contributed by atoms with Crippen molar-refractivity contribution < 1.29 is 22.6 Å². The highest BCUT2D eigenvalue weighted by molar-refractivity contribution is 8.00. The van der Waals surface area contributed by atoms with Gasteiger partial charge in [0.25, 0.3) is 10.1 Å². The van der Waals surface area contributed by atoms with Crippen LogP contribution < -0.4 is 5.32 Å². The predicted octanol–water partition coefficient (Wildman–Crippen LogP) is 2.04. The summed E-state index contributed by atoms with van der Waals surface area (Å²) < 4.78 is 31.6. The summed E-state index contributed by atoms with van der Waals surface area (Å²) in [5.41, 5.74) is 0. The maximum atomic E-state index is 12.0. The molecular formula is C14H16Cl2N2O5S2.